The maximum atomic E-state index is 5.16. The molecule has 0 aliphatic heterocycles. The van der Waals surface area contributed by atoms with Gasteiger partial charge in [0.05, 0.1) is 0 Å². The fourth-order valence-corrected chi connectivity index (χ4v) is 1.19. The summed E-state index contributed by atoms with van der Waals surface area (Å²) in [5.74, 6) is 3.62. The van der Waals surface area contributed by atoms with E-state index < -0.39 is 0 Å². The molecule has 3 nitrogen and oxygen atoms in total. The summed E-state index contributed by atoms with van der Waals surface area (Å²) in [6.45, 7) is 2.21. The molecule has 1 aromatic heterocycles. The van der Waals surface area contributed by atoms with E-state index in [4.69, 9.17) is 11.2 Å². The van der Waals surface area contributed by atoms with E-state index in [0.29, 0.717) is 10.5 Å². The van der Waals surface area contributed by atoms with Crippen LogP contribution >= 0.6 is 15.9 Å². The molecule has 0 fully saturated rings. The largest absolute Gasteiger partial charge is 0.464 e. The zero-order valence-corrected chi connectivity index (χ0v) is 8.84. The summed E-state index contributed by atoms with van der Waals surface area (Å²) in [7, 11) is 0. The molecule has 1 rings (SSSR count). The van der Waals surface area contributed by atoms with Crippen LogP contribution in [0.25, 0.3) is 0 Å². The highest BCUT2D eigenvalue weighted by atomic mass is 79.9. The van der Waals surface area contributed by atoms with Crippen LogP contribution in [-0.4, -0.2) is 16.6 Å². The van der Waals surface area contributed by atoms with Gasteiger partial charge in [0.25, 0.3) is 0 Å². The van der Waals surface area contributed by atoms with Gasteiger partial charge in [0.15, 0.2) is 6.61 Å². The molecule has 0 spiro atoms. The summed E-state index contributed by atoms with van der Waals surface area (Å²) in [5.41, 5.74) is 0. The third-order valence-corrected chi connectivity index (χ3v) is 1.74. The number of hydrogen-bond donors (Lipinski definition) is 0. The van der Waals surface area contributed by atoms with Crippen molar-refractivity contribution in [1.29, 1.82) is 0 Å². The predicted molar refractivity (Wildman–Crippen MR) is 53.4 cm³/mol. The van der Waals surface area contributed by atoms with E-state index in [1.165, 1.54) is 0 Å². The number of rotatable bonds is 3. The van der Waals surface area contributed by atoms with Crippen LogP contribution in [0.3, 0.4) is 0 Å². The second kappa shape index (κ2) is 4.83. The van der Waals surface area contributed by atoms with E-state index in [1.807, 2.05) is 6.92 Å². The lowest BCUT2D eigenvalue weighted by atomic mass is 10.4. The minimum Gasteiger partial charge on any atom is -0.464 e. The van der Waals surface area contributed by atoms with Crippen LogP contribution in [0.2, 0.25) is 0 Å². The minimum atomic E-state index is 0.229. The Morgan fingerprint density at radius 3 is 3.00 bits per heavy atom. The van der Waals surface area contributed by atoms with Gasteiger partial charge in [-0.2, -0.15) is 4.98 Å². The lowest BCUT2D eigenvalue weighted by Gasteiger charge is -2.03. The molecule has 4 heteroatoms. The first-order chi connectivity index (χ1) is 6.26. The zero-order valence-electron chi connectivity index (χ0n) is 7.25. The number of aromatic nitrogens is 2. The molecular formula is C9H9BrN2O. The van der Waals surface area contributed by atoms with Crippen molar-refractivity contribution in [3.05, 3.63) is 16.5 Å². The standard InChI is InChI=1S/C9H9BrN2O/c1-3-5-13-9-6-7(10)11-8(4-2)12-9/h1,6H,4-5H2,2H3. The molecule has 0 unspecified atom stereocenters. The van der Waals surface area contributed by atoms with E-state index in [1.54, 1.807) is 6.07 Å². The van der Waals surface area contributed by atoms with Crippen LogP contribution in [0.15, 0.2) is 10.7 Å². The monoisotopic (exact) mass is 240 g/mol. The Balaban J connectivity index is 2.83. The van der Waals surface area contributed by atoms with Crippen LogP contribution < -0.4 is 4.74 Å². The van der Waals surface area contributed by atoms with Crippen molar-refractivity contribution in [2.45, 2.75) is 13.3 Å². The van der Waals surface area contributed by atoms with Crippen LogP contribution in [-0.2, 0) is 6.42 Å². The molecule has 0 aliphatic carbocycles. The maximum absolute atomic E-state index is 5.16. The van der Waals surface area contributed by atoms with E-state index in [9.17, 15) is 0 Å². The van der Waals surface area contributed by atoms with Gasteiger partial charge in [0, 0.05) is 12.5 Å². The van der Waals surface area contributed by atoms with Gasteiger partial charge >= 0.3 is 0 Å². The second-order valence-electron chi connectivity index (χ2n) is 2.29. The molecule has 0 amide bonds. The second-order valence-corrected chi connectivity index (χ2v) is 3.10. The summed E-state index contributed by atoms with van der Waals surface area (Å²) in [6.07, 6.45) is 5.82. The van der Waals surface area contributed by atoms with Gasteiger partial charge in [-0.3, -0.25) is 0 Å². The van der Waals surface area contributed by atoms with Crippen molar-refractivity contribution in [2.24, 2.45) is 0 Å². The summed E-state index contributed by atoms with van der Waals surface area (Å²) in [4.78, 5) is 8.26. The highest BCUT2D eigenvalue weighted by Gasteiger charge is 2.01. The number of terminal acetylenes is 1. The molecule has 0 saturated carbocycles. The number of halogens is 1. The van der Waals surface area contributed by atoms with Crippen molar-refractivity contribution < 1.29 is 4.74 Å². The number of ether oxygens (including phenoxy) is 1. The van der Waals surface area contributed by atoms with Gasteiger partial charge in [0.1, 0.15) is 10.4 Å². The third kappa shape index (κ3) is 3.03. The van der Waals surface area contributed by atoms with Crippen LogP contribution in [0.5, 0.6) is 5.88 Å². The molecule has 0 saturated heterocycles. The first-order valence-electron chi connectivity index (χ1n) is 3.86. The quantitative estimate of drug-likeness (QED) is 0.598. The zero-order chi connectivity index (χ0) is 9.68. The van der Waals surface area contributed by atoms with E-state index in [0.717, 1.165) is 12.2 Å². The highest BCUT2D eigenvalue weighted by molar-refractivity contribution is 9.10. The summed E-state index contributed by atoms with van der Waals surface area (Å²) in [6, 6.07) is 1.69. The Morgan fingerprint density at radius 2 is 2.38 bits per heavy atom. The SMILES string of the molecule is C#CCOc1cc(Br)nc(CC)n1. The average molecular weight is 241 g/mol. The summed E-state index contributed by atoms with van der Waals surface area (Å²) >= 11 is 3.26. The molecule has 68 valence electrons. The first-order valence-corrected chi connectivity index (χ1v) is 4.65. The van der Waals surface area contributed by atoms with Crippen LogP contribution in [0.1, 0.15) is 12.7 Å². The lowest BCUT2D eigenvalue weighted by molar-refractivity contribution is 0.352. The highest BCUT2D eigenvalue weighted by Crippen LogP contribution is 2.14. The van der Waals surface area contributed by atoms with Crippen LogP contribution in [0, 0.1) is 12.3 Å². The van der Waals surface area contributed by atoms with Crippen molar-refractivity contribution in [2.75, 3.05) is 6.61 Å². The average Bonchev–Trinajstić information content (AvgIpc) is 2.14. The molecule has 0 bridgehead atoms. The van der Waals surface area contributed by atoms with Gasteiger partial charge in [-0.25, -0.2) is 4.98 Å². The first kappa shape index (κ1) is 10.0. The van der Waals surface area contributed by atoms with Gasteiger partial charge in [-0.1, -0.05) is 12.8 Å². The Hall–Kier alpha value is -1.08. The summed E-state index contributed by atoms with van der Waals surface area (Å²) < 4.78 is 5.88. The summed E-state index contributed by atoms with van der Waals surface area (Å²) in [5, 5.41) is 0. The molecule has 0 aromatic carbocycles. The van der Waals surface area contributed by atoms with Gasteiger partial charge in [-0.15, -0.1) is 6.42 Å². The van der Waals surface area contributed by atoms with Crippen molar-refractivity contribution in [1.82, 2.24) is 9.97 Å². The molecule has 0 radical (unpaired) electrons. The molecule has 0 atom stereocenters. The fraction of sp³-hybridized carbons (Fsp3) is 0.333. The van der Waals surface area contributed by atoms with Gasteiger partial charge < -0.3 is 4.74 Å². The normalized spacial score (nSPS) is 9.31. The third-order valence-electron chi connectivity index (χ3n) is 1.34. The van der Waals surface area contributed by atoms with Crippen molar-refractivity contribution >= 4 is 15.9 Å². The number of nitrogens with zero attached hydrogens (tertiary/aromatic N) is 2. The number of hydrogen-bond acceptors (Lipinski definition) is 3. The Morgan fingerprint density at radius 1 is 1.62 bits per heavy atom. The van der Waals surface area contributed by atoms with E-state index >= 15 is 0 Å². The molecule has 1 aromatic rings. The topological polar surface area (TPSA) is 35.0 Å². The molecule has 0 N–H and O–H groups in total. The van der Waals surface area contributed by atoms with Crippen LogP contribution in [0.4, 0.5) is 0 Å². The Kier molecular flexibility index (Phi) is 3.71. The number of aryl methyl sites for hydroxylation is 1. The van der Waals surface area contributed by atoms with Gasteiger partial charge in [0.2, 0.25) is 5.88 Å². The lowest BCUT2D eigenvalue weighted by Crippen LogP contribution is -2.00. The van der Waals surface area contributed by atoms with E-state index in [2.05, 4.69) is 31.8 Å². The fourth-order valence-electron chi connectivity index (χ4n) is 0.790. The van der Waals surface area contributed by atoms with Gasteiger partial charge in [-0.05, 0) is 15.9 Å². The van der Waals surface area contributed by atoms with E-state index in [-0.39, 0.29) is 6.61 Å². The molecule has 13 heavy (non-hydrogen) atoms. The molecule has 0 aliphatic rings. The van der Waals surface area contributed by atoms with Crippen molar-refractivity contribution in [3.8, 4) is 18.2 Å². The smallest absolute Gasteiger partial charge is 0.218 e. The molecule has 1 heterocycles. The minimum absolute atomic E-state index is 0.229. The Labute approximate surface area is 85.7 Å². The molecular weight excluding hydrogens is 232 g/mol. The van der Waals surface area contributed by atoms with Crippen molar-refractivity contribution in [3.63, 3.8) is 0 Å². The Bertz CT molecular complexity index is 333. The predicted octanol–water partition coefficient (Wildman–Crippen LogP) is 1.81. The maximum Gasteiger partial charge on any atom is 0.218 e.